The average Bonchev–Trinajstić information content (AvgIpc) is 2.39. The molecule has 0 unspecified atom stereocenters. The van der Waals surface area contributed by atoms with Gasteiger partial charge in [-0.15, -0.1) is 24.8 Å². The molecule has 0 saturated carbocycles. The largest absolute Gasteiger partial charge is 0.390 e. The van der Waals surface area contributed by atoms with Crippen molar-refractivity contribution in [2.45, 2.75) is 18.6 Å². The first kappa shape index (κ1) is 22.5. The van der Waals surface area contributed by atoms with Gasteiger partial charge in [0.05, 0.1) is 6.42 Å². The highest BCUT2D eigenvalue weighted by atomic mass is 79.9. The summed E-state index contributed by atoms with van der Waals surface area (Å²) in [5.41, 5.74) is 0.694. The fourth-order valence-electron chi connectivity index (χ4n) is 2.39. The zero-order valence-corrected chi connectivity index (χ0v) is 16.3. The Hall–Kier alpha value is 0.470. The lowest BCUT2D eigenvalue weighted by Gasteiger charge is -2.35. The topological polar surface area (TPSA) is 15.3 Å². The molecule has 0 bridgehead atoms. The van der Waals surface area contributed by atoms with Crippen molar-refractivity contribution in [3.63, 3.8) is 0 Å². The van der Waals surface area contributed by atoms with E-state index in [2.05, 4.69) is 37.2 Å². The highest BCUT2D eigenvalue weighted by Gasteiger charge is 2.36. The van der Waals surface area contributed by atoms with Crippen LogP contribution < -0.4 is 5.32 Å². The van der Waals surface area contributed by atoms with Crippen LogP contribution in [-0.2, 0) is 0 Å². The summed E-state index contributed by atoms with van der Waals surface area (Å²) in [5, 5.41) is 3.16. The molecule has 0 amide bonds. The molecule has 0 spiro atoms. The third-order valence-corrected chi connectivity index (χ3v) is 5.23. The molecule has 1 aromatic rings. The SMILES string of the molecule is Cl.Cl.FC(F)(F)C[C@H](c1ccc(Br)c(Br)c1)N1CCNCC1. The van der Waals surface area contributed by atoms with E-state index in [1.165, 1.54) is 0 Å². The molecule has 1 saturated heterocycles. The van der Waals surface area contributed by atoms with Gasteiger partial charge in [-0.2, -0.15) is 13.2 Å². The lowest BCUT2D eigenvalue weighted by molar-refractivity contribution is -0.148. The van der Waals surface area contributed by atoms with Crippen molar-refractivity contribution >= 4 is 56.7 Å². The van der Waals surface area contributed by atoms with Crippen LogP contribution in [0.1, 0.15) is 18.0 Å². The van der Waals surface area contributed by atoms with Crippen LogP contribution in [0.5, 0.6) is 0 Å². The normalized spacial score (nSPS) is 17.3. The van der Waals surface area contributed by atoms with Gasteiger partial charge in [-0.25, -0.2) is 0 Å². The molecule has 1 fully saturated rings. The quantitative estimate of drug-likeness (QED) is 0.647. The molecule has 2 nitrogen and oxygen atoms in total. The van der Waals surface area contributed by atoms with Crippen LogP contribution in [0.4, 0.5) is 13.2 Å². The first-order valence-electron chi connectivity index (χ1n) is 6.33. The molecule has 0 aliphatic carbocycles. The van der Waals surface area contributed by atoms with Gasteiger partial charge < -0.3 is 5.32 Å². The third kappa shape index (κ3) is 6.53. The zero-order valence-electron chi connectivity index (χ0n) is 11.5. The number of hydrogen-bond acceptors (Lipinski definition) is 2. The van der Waals surface area contributed by atoms with Crippen LogP contribution in [0.3, 0.4) is 0 Å². The van der Waals surface area contributed by atoms with Crippen LogP contribution in [0.2, 0.25) is 0 Å². The molecule has 9 heteroatoms. The predicted molar refractivity (Wildman–Crippen MR) is 94.2 cm³/mol. The lowest BCUT2D eigenvalue weighted by atomic mass is 10.0. The van der Waals surface area contributed by atoms with E-state index in [4.69, 9.17) is 0 Å². The number of nitrogens with one attached hydrogen (secondary N) is 1. The first-order chi connectivity index (χ1) is 9.37. The number of hydrogen-bond donors (Lipinski definition) is 1. The summed E-state index contributed by atoms with van der Waals surface area (Å²) >= 11 is 6.70. The Kier molecular flexibility index (Phi) is 9.90. The molecule has 1 aliphatic rings. The lowest BCUT2D eigenvalue weighted by Crippen LogP contribution is -2.46. The van der Waals surface area contributed by atoms with E-state index in [1.807, 2.05) is 4.90 Å². The molecule has 0 radical (unpaired) electrons. The number of alkyl halides is 3. The summed E-state index contributed by atoms with van der Waals surface area (Å²) < 4.78 is 40.2. The van der Waals surface area contributed by atoms with Gasteiger partial charge >= 0.3 is 6.18 Å². The number of piperazine rings is 1. The zero-order chi connectivity index (χ0) is 14.8. The second kappa shape index (κ2) is 9.69. The Morgan fingerprint density at radius 1 is 1.09 bits per heavy atom. The van der Waals surface area contributed by atoms with Crippen LogP contribution in [0.15, 0.2) is 27.1 Å². The van der Waals surface area contributed by atoms with Crippen molar-refractivity contribution in [3.8, 4) is 0 Å². The van der Waals surface area contributed by atoms with E-state index in [0.717, 1.165) is 22.0 Å². The van der Waals surface area contributed by atoms with Crippen molar-refractivity contribution in [1.29, 1.82) is 0 Å². The van der Waals surface area contributed by atoms with E-state index >= 15 is 0 Å². The molecule has 2 rings (SSSR count). The molecule has 1 aliphatic heterocycles. The van der Waals surface area contributed by atoms with E-state index in [9.17, 15) is 13.2 Å². The van der Waals surface area contributed by atoms with Crippen LogP contribution >= 0.6 is 56.7 Å². The van der Waals surface area contributed by atoms with Crippen molar-refractivity contribution in [2.75, 3.05) is 26.2 Å². The maximum atomic E-state index is 12.9. The summed E-state index contributed by atoms with van der Waals surface area (Å²) in [5.74, 6) is 0. The molecular formula is C13H17Br2Cl2F3N2. The summed E-state index contributed by atoms with van der Waals surface area (Å²) in [7, 11) is 0. The summed E-state index contributed by atoms with van der Waals surface area (Å²) in [6.45, 7) is 2.72. The Morgan fingerprint density at radius 2 is 1.68 bits per heavy atom. The second-order valence-electron chi connectivity index (χ2n) is 4.79. The Bertz CT molecular complexity index is 469. The molecule has 1 N–H and O–H groups in total. The minimum Gasteiger partial charge on any atom is -0.314 e. The van der Waals surface area contributed by atoms with E-state index < -0.39 is 18.6 Å². The molecule has 0 aromatic heterocycles. The minimum atomic E-state index is -4.17. The van der Waals surface area contributed by atoms with Gasteiger partial charge in [0, 0.05) is 41.2 Å². The van der Waals surface area contributed by atoms with Gasteiger partial charge in [0.25, 0.3) is 0 Å². The van der Waals surface area contributed by atoms with Crippen LogP contribution in [0.25, 0.3) is 0 Å². The molecule has 1 heterocycles. The standard InChI is InChI=1S/C13H15Br2F3N2.2ClH/c14-10-2-1-9(7-11(10)15)12(8-13(16,17)18)20-5-3-19-4-6-20;;/h1-2,7,12,19H,3-6,8H2;2*1H/t12-;;/m1../s1. The van der Waals surface area contributed by atoms with E-state index in [1.54, 1.807) is 18.2 Å². The molecule has 22 heavy (non-hydrogen) atoms. The second-order valence-corrected chi connectivity index (χ2v) is 6.50. The summed E-state index contributed by atoms with van der Waals surface area (Å²) in [6.07, 6.45) is -4.99. The maximum absolute atomic E-state index is 12.9. The molecule has 128 valence electrons. The van der Waals surface area contributed by atoms with Crippen LogP contribution in [0, 0.1) is 0 Å². The Morgan fingerprint density at radius 3 is 2.18 bits per heavy atom. The Labute approximate surface area is 157 Å². The molecular weight excluding hydrogens is 472 g/mol. The first-order valence-corrected chi connectivity index (χ1v) is 7.92. The average molecular weight is 489 g/mol. The smallest absolute Gasteiger partial charge is 0.314 e. The summed E-state index contributed by atoms with van der Waals surface area (Å²) in [6, 6.07) is 4.68. The highest BCUT2D eigenvalue weighted by Crippen LogP contribution is 2.36. The monoisotopic (exact) mass is 486 g/mol. The fourth-order valence-corrected chi connectivity index (χ4v) is 3.03. The van der Waals surface area contributed by atoms with Gasteiger partial charge in [0.2, 0.25) is 0 Å². The van der Waals surface area contributed by atoms with Crippen molar-refractivity contribution in [2.24, 2.45) is 0 Å². The number of halogens is 7. The van der Waals surface area contributed by atoms with Gasteiger partial charge in [0.15, 0.2) is 0 Å². The predicted octanol–water partition coefficient (Wildman–Crippen LogP) is 4.95. The Balaban J connectivity index is 0.00000220. The number of nitrogens with zero attached hydrogens (tertiary/aromatic N) is 1. The summed E-state index contributed by atoms with van der Waals surface area (Å²) in [4.78, 5) is 1.90. The maximum Gasteiger partial charge on any atom is 0.390 e. The van der Waals surface area contributed by atoms with Gasteiger partial charge in [0.1, 0.15) is 0 Å². The fraction of sp³-hybridized carbons (Fsp3) is 0.538. The molecule has 1 atom stereocenters. The minimum absolute atomic E-state index is 0. The number of rotatable bonds is 3. The van der Waals surface area contributed by atoms with Crippen molar-refractivity contribution in [3.05, 3.63) is 32.7 Å². The van der Waals surface area contributed by atoms with Crippen molar-refractivity contribution in [1.82, 2.24) is 10.2 Å². The number of benzene rings is 1. The molecule has 1 aromatic carbocycles. The van der Waals surface area contributed by atoms with Gasteiger partial charge in [-0.05, 0) is 49.6 Å². The highest BCUT2D eigenvalue weighted by molar-refractivity contribution is 9.13. The van der Waals surface area contributed by atoms with E-state index in [0.29, 0.717) is 18.7 Å². The van der Waals surface area contributed by atoms with Gasteiger partial charge in [-0.3, -0.25) is 4.90 Å². The third-order valence-electron chi connectivity index (χ3n) is 3.35. The van der Waals surface area contributed by atoms with Crippen LogP contribution in [-0.4, -0.2) is 37.3 Å². The van der Waals surface area contributed by atoms with Gasteiger partial charge in [-0.1, -0.05) is 6.07 Å². The van der Waals surface area contributed by atoms with E-state index in [-0.39, 0.29) is 24.8 Å². The van der Waals surface area contributed by atoms with Crippen molar-refractivity contribution < 1.29 is 13.2 Å².